The van der Waals surface area contributed by atoms with Gasteiger partial charge in [0.25, 0.3) is 5.56 Å². The molecule has 1 aliphatic heterocycles. The van der Waals surface area contributed by atoms with Gasteiger partial charge in [-0.25, -0.2) is 9.18 Å². The predicted octanol–water partition coefficient (Wildman–Crippen LogP) is 1.58. The minimum Gasteiger partial charge on any atom is -0.376 e. The Kier molecular flexibility index (Phi) is 6.12. The Labute approximate surface area is 134 Å². The third-order valence-electron chi connectivity index (χ3n) is 4.43. The number of ether oxygens (including phenoxy) is 2. The van der Waals surface area contributed by atoms with Gasteiger partial charge in [-0.05, 0) is 13.3 Å². The van der Waals surface area contributed by atoms with E-state index in [2.05, 4.69) is 11.9 Å². The van der Waals surface area contributed by atoms with Gasteiger partial charge < -0.3 is 9.47 Å². The zero-order chi connectivity index (χ0) is 17.0. The molecule has 1 aromatic heterocycles. The van der Waals surface area contributed by atoms with E-state index in [0.717, 1.165) is 12.8 Å². The van der Waals surface area contributed by atoms with Gasteiger partial charge >= 0.3 is 5.69 Å². The summed E-state index contributed by atoms with van der Waals surface area (Å²) < 4.78 is 25.6. The van der Waals surface area contributed by atoms with Gasteiger partial charge in [-0.2, -0.15) is 0 Å². The van der Waals surface area contributed by atoms with Crippen molar-refractivity contribution >= 4 is 0 Å². The molecule has 1 N–H and O–H groups in total. The molecule has 2 heterocycles. The molecule has 1 saturated heterocycles. The summed E-state index contributed by atoms with van der Waals surface area (Å²) >= 11 is 0. The number of alkyl halides is 1. The van der Waals surface area contributed by atoms with Gasteiger partial charge in [-0.3, -0.25) is 14.3 Å². The summed E-state index contributed by atoms with van der Waals surface area (Å²) in [5.41, 5.74) is -0.456. The average Bonchev–Trinajstić information content (AvgIpc) is 2.52. The summed E-state index contributed by atoms with van der Waals surface area (Å²) in [4.78, 5) is 26.0. The van der Waals surface area contributed by atoms with Gasteiger partial charge in [0, 0.05) is 17.7 Å². The number of rotatable bonds is 6. The van der Waals surface area contributed by atoms with Crippen LogP contribution in [0.15, 0.2) is 15.8 Å². The summed E-state index contributed by atoms with van der Waals surface area (Å²) in [6, 6.07) is -0.382. The van der Waals surface area contributed by atoms with Crippen LogP contribution in [0.4, 0.5) is 4.39 Å². The van der Waals surface area contributed by atoms with Crippen molar-refractivity contribution in [2.45, 2.75) is 51.9 Å². The predicted molar refractivity (Wildman–Crippen MR) is 84.6 cm³/mol. The van der Waals surface area contributed by atoms with Crippen molar-refractivity contribution in [3.63, 3.8) is 0 Å². The topological polar surface area (TPSA) is 73.3 Å². The number of H-pyrrole nitrogens is 1. The standard InChI is InChI=1S/C16H25FN2O4/c1-4-5-13-11(3)14(22-7-6-17)12(9-23-13)19-8-10(2)15(20)18-16(19)21/h8,11-14H,4-7,9H2,1-3H3,(H,18,20,21). The fourth-order valence-electron chi connectivity index (χ4n) is 3.18. The van der Waals surface area contributed by atoms with E-state index >= 15 is 0 Å². The van der Waals surface area contributed by atoms with Gasteiger partial charge in [-0.15, -0.1) is 0 Å². The minimum absolute atomic E-state index is 0.0125. The number of halogens is 1. The minimum atomic E-state index is -0.575. The Hall–Kier alpha value is -1.47. The Morgan fingerprint density at radius 1 is 1.48 bits per heavy atom. The maximum absolute atomic E-state index is 12.6. The summed E-state index contributed by atoms with van der Waals surface area (Å²) in [5, 5.41) is 0. The maximum atomic E-state index is 12.6. The molecule has 0 bridgehead atoms. The fraction of sp³-hybridized carbons (Fsp3) is 0.750. The van der Waals surface area contributed by atoms with E-state index in [0.29, 0.717) is 12.2 Å². The zero-order valence-electron chi connectivity index (χ0n) is 13.9. The lowest BCUT2D eigenvalue weighted by Gasteiger charge is -2.41. The molecule has 2 rings (SSSR count). The zero-order valence-corrected chi connectivity index (χ0v) is 13.9. The molecule has 1 aliphatic rings. The normalized spacial score (nSPS) is 28.0. The number of aromatic nitrogens is 2. The smallest absolute Gasteiger partial charge is 0.328 e. The van der Waals surface area contributed by atoms with Crippen LogP contribution in [0.2, 0.25) is 0 Å². The van der Waals surface area contributed by atoms with Gasteiger partial charge in [0.15, 0.2) is 0 Å². The number of aryl methyl sites for hydroxylation is 1. The van der Waals surface area contributed by atoms with Crippen LogP contribution in [0.1, 0.15) is 38.3 Å². The maximum Gasteiger partial charge on any atom is 0.328 e. The molecule has 0 aliphatic carbocycles. The molecule has 1 fully saturated rings. The first-order valence-electron chi connectivity index (χ1n) is 8.10. The Morgan fingerprint density at radius 2 is 2.22 bits per heavy atom. The first kappa shape index (κ1) is 17.9. The van der Waals surface area contributed by atoms with E-state index in [1.54, 1.807) is 6.92 Å². The lowest BCUT2D eigenvalue weighted by Crippen LogP contribution is -2.50. The largest absolute Gasteiger partial charge is 0.376 e. The summed E-state index contributed by atoms with van der Waals surface area (Å²) in [5.74, 6) is 0.0272. The second-order valence-electron chi connectivity index (χ2n) is 6.09. The Balaban J connectivity index is 2.33. The van der Waals surface area contributed by atoms with Crippen LogP contribution in [0.25, 0.3) is 0 Å². The average molecular weight is 328 g/mol. The van der Waals surface area contributed by atoms with Gasteiger partial charge in [0.05, 0.1) is 31.5 Å². The van der Waals surface area contributed by atoms with Crippen molar-refractivity contribution in [1.82, 2.24) is 9.55 Å². The molecule has 7 heteroatoms. The second-order valence-corrected chi connectivity index (χ2v) is 6.09. The number of hydrogen-bond acceptors (Lipinski definition) is 4. The monoisotopic (exact) mass is 328 g/mol. The van der Waals surface area contributed by atoms with Crippen LogP contribution in [0.3, 0.4) is 0 Å². The highest BCUT2D eigenvalue weighted by Crippen LogP contribution is 2.32. The van der Waals surface area contributed by atoms with E-state index in [4.69, 9.17) is 9.47 Å². The molecule has 4 unspecified atom stereocenters. The van der Waals surface area contributed by atoms with Crippen LogP contribution in [0, 0.1) is 12.8 Å². The number of hydrogen-bond donors (Lipinski definition) is 1. The second kappa shape index (κ2) is 7.88. The van der Waals surface area contributed by atoms with E-state index in [1.807, 2.05) is 6.92 Å². The van der Waals surface area contributed by atoms with Crippen molar-refractivity contribution in [3.8, 4) is 0 Å². The van der Waals surface area contributed by atoms with Gasteiger partial charge in [0.2, 0.25) is 0 Å². The summed E-state index contributed by atoms with van der Waals surface area (Å²) in [6.07, 6.45) is 3.09. The fourth-order valence-corrected chi connectivity index (χ4v) is 3.18. The van der Waals surface area contributed by atoms with E-state index in [1.165, 1.54) is 10.8 Å². The molecule has 0 radical (unpaired) electrons. The van der Waals surface area contributed by atoms with Crippen molar-refractivity contribution in [1.29, 1.82) is 0 Å². The van der Waals surface area contributed by atoms with Crippen molar-refractivity contribution in [2.24, 2.45) is 5.92 Å². The number of nitrogens with zero attached hydrogens (tertiary/aromatic N) is 1. The number of aromatic amines is 1. The lowest BCUT2D eigenvalue weighted by atomic mass is 9.87. The van der Waals surface area contributed by atoms with Crippen LogP contribution in [0.5, 0.6) is 0 Å². The lowest BCUT2D eigenvalue weighted by molar-refractivity contribution is -0.144. The van der Waals surface area contributed by atoms with Crippen LogP contribution < -0.4 is 11.2 Å². The molecular formula is C16H25FN2O4. The molecule has 0 spiro atoms. The van der Waals surface area contributed by atoms with Crippen LogP contribution in [-0.2, 0) is 9.47 Å². The van der Waals surface area contributed by atoms with E-state index < -0.39 is 17.9 Å². The van der Waals surface area contributed by atoms with Crippen LogP contribution >= 0.6 is 0 Å². The molecule has 0 aromatic carbocycles. The van der Waals surface area contributed by atoms with Crippen molar-refractivity contribution < 1.29 is 13.9 Å². The molecule has 0 saturated carbocycles. The first-order valence-corrected chi connectivity index (χ1v) is 8.10. The molecule has 6 nitrogen and oxygen atoms in total. The summed E-state index contributed by atoms with van der Waals surface area (Å²) in [6.45, 7) is 5.43. The van der Waals surface area contributed by atoms with Gasteiger partial charge in [0.1, 0.15) is 6.67 Å². The molecule has 4 atom stereocenters. The molecule has 130 valence electrons. The van der Waals surface area contributed by atoms with E-state index in [-0.39, 0.29) is 30.8 Å². The number of nitrogens with one attached hydrogen (secondary N) is 1. The highest BCUT2D eigenvalue weighted by molar-refractivity contribution is 5.03. The molecule has 1 aromatic rings. The quantitative estimate of drug-likeness (QED) is 0.860. The molecule has 0 amide bonds. The Bertz CT molecular complexity index is 627. The SMILES string of the molecule is CCCC1OCC(n2cc(C)c(=O)[nH]c2=O)C(OCCF)C1C. The van der Waals surface area contributed by atoms with Crippen LogP contribution in [-0.4, -0.2) is 41.6 Å². The Morgan fingerprint density at radius 3 is 2.87 bits per heavy atom. The third kappa shape index (κ3) is 3.90. The highest BCUT2D eigenvalue weighted by Gasteiger charge is 2.39. The summed E-state index contributed by atoms with van der Waals surface area (Å²) in [7, 11) is 0. The molecule has 23 heavy (non-hydrogen) atoms. The van der Waals surface area contributed by atoms with Gasteiger partial charge in [-0.1, -0.05) is 20.3 Å². The first-order chi connectivity index (χ1) is 11.0. The molecular weight excluding hydrogens is 303 g/mol. The third-order valence-corrected chi connectivity index (χ3v) is 4.43. The highest BCUT2D eigenvalue weighted by atomic mass is 19.1. The van der Waals surface area contributed by atoms with E-state index in [9.17, 15) is 14.0 Å². The van der Waals surface area contributed by atoms with Crippen molar-refractivity contribution in [2.75, 3.05) is 19.9 Å². The van der Waals surface area contributed by atoms with Crippen molar-refractivity contribution in [3.05, 3.63) is 32.6 Å².